The zero-order valence-corrected chi connectivity index (χ0v) is 10.0. The van der Waals surface area contributed by atoms with Crippen molar-refractivity contribution in [3.05, 3.63) is 0 Å². The summed E-state index contributed by atoms with van der Waals surface area (Å²) >= 11 is 0. The van der Waals surface area contributed by atoms with Crippen molar-refractivity contribution in [2.45, 2.75) is 50.2 Å². The third-order valence-electron chi connectivity index (χ3n) is 4.56. The fourth-order valence-corrected chi connectivity index (χ4v) is 3.64. The van der Waals surface area contributed by atoms with E-state index >= 15 is 0 Å². The molecule has 92 valence electrons. The molecule has 2 aliphatic heterocycles. The molecule has 1 spiro atoms. The maximum Gasteiger partial charge on any atom is 0.0835 e. The highest BCUT2D eigenvalue weighted by molar-refractivity contribution is 5.00. The molecular formula is C13H23NO2. The van der Waals surface area contributed by atoms with Crippen LogP contribution in [0.25, 0.3) is 0 Å². The summed E-state index contributed by atoms with van der Waals surface area (Å²) in [6.07, 6.45) is 7.71. The number of hydrogen-bond donors (Lipinski definition) is 1. The topological polar surface area (TPSA) is 30.5 Å². The van der Waals surface area contributed by atoms with E-state index in [-0.39, 0.29) is 5.60 Å². The van der Waals surface area contributed by atoms with Gasteiger partial charge in [0.2, 0.25) is 0 Å². The summed E-state index contributed by atoms with van der Waals surface area (Å²) in [6, 6.07) is 0.579. The molecule has 16 heavy (non-hydrogen) atoms. The van der Waals surface area contributed by atoms with E-state index < -0.39 is 0 Å². The lowest BCUT2D eigenvalue weighted by Gasteiger charge is -2.43. The Labute approximate surface area is 97.9 Å². The third kappa shape index (κ3) is 2.01. The molecule has 1 N–H and O–H groups in total. The second-order valence-corrected chi connectivity index (χ2v) is 5.59. The largest absolute Gasteiger partial charge is 0.381 e. The van der Waals surface area contributed by atoms with Crippen LogP contribution >= 0.6 is 0 Å². The monoisotopic (exact) mass is 225 g/mol. The van der Waals surface area contributed by atoms with Crippen LogP contribution in [-0.2, 0) is 9.47 Å². The van der Waals surface area contributed by atoms with E-state index in [1.54, 1.807) is 0 Å². The SMILES string of the molecule is C1CCC2(C1)OCCNC2CC1CCOC1. The van der Waals surface area contributed by atoms with E-state index in [1.807, 2.05) is 0 Å². The van der Waals surface area contributed by atoms with Gasteiger partial charge in [0.15, 0.2) is 0 Å². The minimum Gasteiger partial charge on any atom is -0.381 e. The Bertz CT molecular complexity index is 232. The minimum atomic E-state index is 0.181. The van der Waals surface area contributed by atoms with Crippen LogP contribution < -0.4 is 5.32 Å². The first-order valence-electron chi connectivity index (χ1n) is 6.84. The molecule has 0 amide bonds. The van der Waals surface area contributed by atoms with E-state index in [1.165, 1.54) is 38.5 Å². The normalized spacial score (nSPS) is 38.2. The van der Waals surface area contributed by atoms with Gasteiger partial charge in [0.1, 0.15) is 0 Å². The van der Waals surface area contributed by atoms with Crippen LogP contribution in [0.5, 0.6) is 0 Å². The van der Waals surface area contributed by atoms with Crippen LogP contribution in [0.1, 0.15) is 38.5 Å². The van der Waals surface area contributed by atoms with Crippen molar-refractivity contribution >= 4 is 0 Å². The van der Waals surface area contributed by atoms with Crippen LogP contribution in [0, 0.1) is 5.92 Å². The summed E-state index contributed by atoms with van der Waals surface area (Å²) in [5, 5.41) is 3.70. The lowest BCUT2D eigenvalue weighted by Crippen LogP contribution is -2.57. The van der Waals surface area contributed by atoms with Gasteiger partial charge in [-0.3, -0.25) is 0 Å². The van der Waals surface area contributed by atoms with Crippen LogP contribution in [-0.4, -0.2) is 38.0 Å². The molecule has 1 aliphatic carbocycles. The molecule has 3 aliphatic rings. The molecule has 1 saturated carbocycles. The van der Waals surface area contributed by atoms with Gasteiger partial charge in [-0.2, -0.15) is 0 Å². The Balaban J connectivity index is 1.65. The zero-order chi connectivity index (χ0) is 10.8. The van der Waals surface area contributed by atoms with Crippen molar-refractivity contribution in [3.8, 4) is 0 Å². The molecule has 0 bridgehead atoms. The fourth-order valence-electron chi connectivity index (χ4n) is 3.64. The molecule has 2 heterocycles. The predicted molar refractivity (Wildman–Crippen MR) is 62.5 cm³/mol. The smallest absolute Gasteiger partial charge is 0.0835 e. The van der Waals surface area contributed by atoms with E-state index in [0.717, 1.165) is 32.3 Å². The van der Waals surface area contributed by atoms with Crippen molar-refractivity contribution in [2.24, 2.45) is 5.92 Å². The van der Waals surface area contributed by atoms with Gasteiger partial charge in [-0.25, -0.2) is 0 Å². The molecule has 2 atom stereocenters. The fraction of sp³-hybridized carbons (Fsp3) is 1.00. The second-order valence-electron chi connectivity index (χ2n) is 5.59. The lowest BCUT2D eigenvalue weighted by atomic mass is 9.84. The molecule has 2 unspecified atom stereocenters. The lowest BCUT2D eigenvalue weighted by molar-refractivity contribution is -0.0969. The van der Waals surface area contributed by atoms with E-state index in [2.05, 4.69) is 5.32 Å². The maximum absolute atomic E-state index is 6.15. The molecule has 2 saturated heterocycles. The van der Waals surface area contributed by atoms with Crippen molar-refractivity contribution < 1.29 is 9.47 Å². The highest BCUT2D eigenvalue weighted by Gasteiger charge is 2.44. The molecular weight excluding hydrogens is 202 g/mol. The van der Waals surface area contributed by atoms with Gasteiger partial charge in [-0.15, -0.1) is 0 Å². The first kappa shape index (κ1) is 11.0. The quantitative estimate of drug-likeness (QED) is 0.776. The summed E-state index contributed by atoms with van der Waals surface area (Å²) in [6.45, 7) is 3.86. The average molecular weight is 225 g/mol. The molecule has 0 aromatic heterocycles. The Hall–Kier alpha value is -0.120. The second kappa shape index (κ2) is 4.63. The summed E-state index contributed by atoms with van der Waals surface area (Å²) in [5.74, 6) is 0.761. The average Bonchev–Trinajstić information content (AvgIpc) is 2.94. The standard InChI is InChI=1S/C13H23NO2/c1-2-5-13(4-1)12(14-6-8-16-13)9-11-3-7-15-10-11/h11-12,14H,1-10H2. The summed E-state index contributed by atoms with van der Waals surface area (Å²) in [7, 11) is 0. The van der Waals surface area contributed by atoms with Crippen molar-refractivity contribution in [1.29, 1.82) is 0 Å². The number of nitrogens with one attached hydrogen (secondary N) is 1. The third-order valence-corrected chi connectivity index (χ3v) is 4.56. The van der Waals surface area contributed by atoms with Crippen LogP contribution in [0.2, 0.25) is 0 Å². The van der Waals surface area contributed by atoms with E-state index in [4.69, 9.17) is 9.47 Å². The Kier molecular flexibility index (Phi) is 3.18. The van der Waals surface area contributed by atoms with Gasteiger partial charge in [-0.05, 0) is 31.6 Å². The van der Waals surface area contributed by atoms with E-state index in [0.29, 0.717) is 6.04 Å². The number of morpholine rings is 1. The Morgan fingerprint density at radius 2 is 2.06 bits per heavy atom. The summed E-state index contributed by atoms with van der Waals surface area (Å²) < 4.78 is 11.6. The van der Waals surface area contributed by atoms with Gasteiger partial charge in [0, 0.05) is 25.8 Å². The first-order chi connectivity index (χ1) is 7.89. The highest BCUT2D eigenvalue weighted by Crippen LogP contribution is 2.40. The molecule has 0 aromatic rings. The van der Waals surface area contributed by atoms with Crippen LogP contribution in [0.3, 0.4) is 0 Å². The van der Waals surface area contributed by atoms with Gasteiger partial charge in [0.25, 0.3) is 0 Å². The molecule has 3 nitrogen and oxygen atoms in total. The van der Waals surface area contributed by atoms with Crippen molar-refractivity contribution in [2.75, 3.05) is 26.4 Å². The molecule has 0 radical (unpaired) electrons. The molecule has 3 rings (SSSR count). The molecule has 0 aromatic carbocycles. The highest BCUT2D eigenvalue weighted by atomic mass is 16.5. The number of hydrogen-bond acceptors (Lipinski definition) is 3. The van der Waals surface area contributed by atoms with E-state index in [9.17, 15) is 0 Å². The zero-order valence-electron chi connectivity index (χ0n) is 10.0. The molecule has 3 heteroatoms. The Morgan fingerprint density at radius 3 is 2.81 bits per heavy atom. The summed E-state index contributed by atoms with van der Waals surface area (Å²) in [5.41, 5.74) is 0.181. The van der Waals surface area contributed by atoms with Gasteiger partial charge < -0.3 is 14.8 Å². The Morgan fingerprint density at radius 1 is 1.19 bits per heavy atom. The van der Waals surface area contributed by atoms with Gasteiger partial charge in [-0.1, -0.05) is 12.8 Å². The van der Waals surface area contributed by atoms with Gasteiger partial charge in [0.05, 0.1) is 12.2 Å². The molecule has 3 fully saturated rings. The van der Waals surface area contributed by atoms with Gasteiger partial charge >= 0.3 is 0 Å². The van der Waals surface area contributed by atoms with Crippen molar-refractivity contribution in [3.63, 3.8) is 0 Å². The van der Waals surface area contributed by atoms with Crippen LogP contribution in [0.15, 0.2) is 0 Å². The van der Waals surface area contributed by atoms with Crippen LogP contribution in [0.4, 0.5) is 0 Å². The number of rotatable bonds is 2. The van der Waals surface area contributed by atoms with Crippen molar-refractivity contribution in [1.82, 2.24) is 5.32 Å². The number of ether oxygens (including phenoxy) is 2. The first-order valence-corrected chi connectivity index (χ1v) is 6.84. The maximum atomic E-state index is 6.15. The minimum absolute atomic E-state index is 0.181. The predicted octanol–water partition coefficient (Wildman–Crippen LogP) is 1.71. The summed E-state index contributed by atoms with van der Waals surface area (Å²) in [4.78, 5) is 0.